The van der Waals surface area contributed by atoms with Gasteiger partial charge in [-0.2, -0.15) is 0 Å². The number of nitrogens with zero attached hydrogens (tertiary/aromatic N) is 1. The van der Waals surface area contributed by atoms with Gasteiger partial charge in [-0.05, 0) is 26.7 Å². The number of hydrogen-bond acceptors (Lipinski definition) is 3. The molecule has 3 amide bonds. The molecule has 0 spiro atoms. The normalized spacial score (nSPS) is 22.3. The first-order chi connectivity index (χ1) is 10.8. The van der Waals surface area contributed by atoms with Crippen LogP contribution in [0.5, 0.6) is 0 Å². The van der Waals surface area contributed by atoms with Crippen LogP contribution in [0, 0.1) is 5.41 Å². The smallest absolute Gasteiger partial charge is 0.315 e. The van der Waals surface area contributed by atoms with Gasteiger partial charge in [-0.15, -0.1) is 0 Å². The van der Waals surface area contributed by atoms with Crippen molar-refractivity contribution in [2.75, 3.05) is 26.3 Å². The molecule has 0 saturated carbocycles. The molecule has 0 bridgehead atoms. The van der Waals surface area contributed by atoms with E-state index in [1.54, 1.807) is 0 Å². The van der Waals surface area contributed by atoms with Gasteiger partial charge in [-0.1, -0.05) is 25.5 Å². The topological polar surface area (TPSA) is 70.7 Å². The van der Waals surface area contributed by atoms with Gasteiger partial charge in [0.25, 0.3) is 0 Å². The second kappa shape index (κ2) is 7.34. The van der Waals surface area contributed by atoms with E-state index in [4.69, 9.17) is 4.74 Å². The van der Waals surface area contributed by atoms with Crippen molar-refractivity contribution in [3.63, 3.8) is 0 Å². The number of hydrogen-bond donors (Lipinski definition) is 2. The minimum atomic E-state index is -0.400. The average molecular weight is 323 g/mol. The molecule has 0 aromatic heterocycles. The summed E-state index contributed by atoms with van der Waals surface area (Å²) < 4.78 is 5.33. The van der Waals surface area contributed by atoms with Crippen molar-refractivity contribution in [2.24, 2.45) is 5.41 Å². The molecule has 0 radical (unpaired) electrons. The first-order valence-electron chi connectivity index (χ1n) is 8.43. The van der Waals surface area contributed by atoms with Crippen molar-refractivity contribution in [1.82, 2.24) is 15.5 Å². The average Bonchev–Trinajstić information content (AvgIpc) is 2.87. The summed E-state index contributed by atoms with van der Waals surface area (Å²) >= 11 is 0. The summed E-state index contributed by atoms with van der Waals surface area (Å²) in [5.41, 5.74) is 1.21. The largest absolute Gasteiger partial charge is 0.377 e. The molecule has 2 rings (SSSR count). The molecule has 1 saturated heterocycles. The maximum atomic E-state index is 12.2. The maximum Gasteiger partial charge on any atom is 0.315 e. The Labute approximate surface area is 138 Å². The molecule has 2 aliphatic heterocycles. The van der Waals surface area contributed by atoms with Crippen LogP contribution in [-0.4, -0.2) is 55.2 Å². The summed E-state index contributed by atoms with van der Waals surface area (Å²) in [7, 11) is 0. The predicted octanol–water partition coefficient (Wildman–Crippen LogP) is 1.67. The number of amides is 3. The predicted molar refractivity (Wildman–Crippen MR) is 89.1 cm³/mol. The molecule has 1 unspecified atom stereocenters. The van der Waals surface area contributed by atoms with E-state index >= 15 is 0 Å². The highest BCUT2D eigenvalue weighted by atomic mass is 16.5. The molecule has 1 atom stereocenters. The van der Waals surface area contributed by atoms with Crippen LogP contribution in [0.2, 0.25) is 0 Å². The van der Waals surface area contributed by atoms with Crippen molar-refractivity contribution in [1.29, 1.82) is 0 Å². The van der Waals surface area contributed by atoms with Gasteiger partial charge in [0.2, 0.25) is 5.91 Å². The van der Waals surface area contributed by atoms with E-state index in [0.717, 1.165) is 13.0 Å². The zero-order valence-electron chi connectivity index (χ0n) is 14.6. The molecule has 2 aliphatic rings. The van der Waals surface area contributed by atoms with E-state index in [1.165, 1.54) is 5.57 Å². The van der Waals surface area contributed by atoms with Gasteiger partial charge >= 0.3 is 6.03 Å². The van der Waals surface area contributed by atoms with Crippen molar-refractivity contribution >= 4 is 11.9 Å². The number of carbonyl (C=O) groups excluding carboxylic acids is 2. The number of nitrogens with one attached hydrogen (secondary N) is 2. The summed E-state index contributed by atoms with van der Waals surface area (Å²) in [6.45, 7) is 10.8. The second-order valence-electron chi connectivity index (χ2n) is 7.23. The van der Waals surface area contributed by atoms with Crippen LogP contribution >= 0.6 is 0 Å². The molecular formula is C17H29N3O3. The molecule has 2 heterocycles. The van der Waals surface area contributed by atoms with Crippen LogP contribution in [0.25, 0.3) is 0 Å². The zero-order chi connectivity index (χ0) is 17.0. The number of urea groups is 1. The molecular weight excluding hydrogens is 294 g/mol. The summed E-state index contributed by atoms with van der Waals surface area (Å²) in [6, 6.07) is -0.491. The molecule has 0 aromatic rings. The molecule has 2 N–H and O–H groups in total. The van der Waals surface area contributed by atoms with Gasteiger partial charge in [0.15, 0.2) is 0 Å². The third-order valence-electron chi connectivity index (χ3n) is 4.69. The molecule has 1 fully saturated rings. The summed E-state index contributed by atoms with van der Waals surface area (Å²) in [5, 5.41) is 5.71. The Morgan fingerprint density at radius 3 is 2.78 bits per heavy atom. The minimum Gasteiger partial charge on any atom is -0.377 e. The Morgan fingerprint density at radius 1 is 1.48 bits per heavy atom. The fourth-order valence-corrected chi connectivity index (χ4v) is 3.11. The lowest BCUT2D eigenvalue weighted by molar-refractivity contribution is -0.130. The van der Waals surface area contributed by atoms with Gasteiger partial charge in [0.1, 0.15) is 6.04 Å². The fourth-order valence-electron chi connectivity index (χ4n) is 3.11. The SMILES string of the molecule is CC(C)N1CCC(NC(=O)NCC(C)(C)C2=CCOCC2)C1=O. The summed E-state index contributed by atoms with van der Waals surface area (Å²) in [6.07, 6.45) is 3.68. The van der Waals surface area contributed by atoms with E-state index in [0.29, 0.717) is 26.1 Å². The van der Waals surface area contributed by atoms with Crippen LogP contribution in [0.3, 0.4) is 0 Å². The van der Waals surface area contributed by atoms with E-state index < -0.39 is 6.04 Å². The summed E-state index contributed by atoms with van der Waals surface area (Å²) in [5.74, 6) is 0.0153. The molecule has 0 aromatic carbocycles. The quantitative estimate of drug-likeness (QED) is 0.756. The molecule has 23 heavy (non-hydrogen) atoms. The first kappa shape index (κ1) is 17.8. The van der Waals surface area contributed by atoms with E-state index in [-0.39, 0.29) is 23.4 Å². The minimum absolute atomic E-state index is 0.0153. The summed E-state index contributed by atoms with van der Waals surface area (Å²) in [4.78, 5) is 26.1. The Bertz CT molecular complexity index is 485. The third-order valence-corrected chi connectivity index (χ3v) is 4.69. The second-order valence-corrected chi connectivity index (χ2v) is 7.23. The highest BCUT2D eigenvalue weighted by molar-refractivity contribution is 5.88. The van der Waals surface area contributed by atoms with Crippen LogP contribution in [-0.2, 0) is 9.53 Å². The Kier molecular flexibility index (Phi) is 5.68. The molecule has 0 aliphatic carbocycles. The standard InChI is InChI=1S/C17H29N3O3/c1-12(2)20-8-5-14(15(20)21)19-16(22)18-11-17(3,4)13-6-9-23-10-7-13/h6,12,14H,5,7-11H2,1-4H3,(H2,18,19,22). The van der Waals surface area contributed by atoms with Gasteiger partial charge in [-0.25, -0.2) is 4.79 Å². The van der Waals surface area contributed by atoms with Crippen molar-refractivity contribution in [2.45, 2.75) is 52.6 Å². The first-order valence-corrected chi connectivity index (χ1v) is 8.43. The maximum absolute atomic E-state index is 12.2. The van der Waals surface area contributed by atoms with E-state index in [1.807, 2.05) is 18.7 Å². The van der Waals surface area contributed by atoms with Gasteiger partial charge in [-0.3, -0.25) is 4.79 Å². The van der Waals surface area contributed by atoms with Gasteiger partial charge in [0, 0.05) is 24.5 Å². The van der Waals surface area contributed by atoms with Gasteiger partial charge in [0.05, 0.1) is 13.2 Å². The van der Waals surface area contributed by atoms with Crippen LogP contribution in [0.4, 0.5) is 4.79 Å². The highest BCUT2D eigenvalue weighted by Gasteiger charge is 2.34. The van der Waals surface area contributed by atoms with Crippen molar-refractivity contribution in [3.8, 4) is 0 Å². The zero-order valence-corrected chi connectivity index (χ0v) is 14.6. The Balaban J connectivity index is 1.81. The number of ether oxygens (including phenoxy) is 1. The van der Waals surface area contributed by atoms with Crippen LogP contribution in [0.1, 0.15) is 40.5 Å². The fraction of sp³-hybridized carbons (Fsp3) is 0.765. The van der Waals surface area contributed by atoms with Crippen molar-refractivity contribution in [3.05, 3.63) is 11.6 Å². The number of carbonyl (C=O) groups is 2. The van der Waals surface area contributed by atoms with Crippen LogP contribution < -0.4 is 10.6 Å². The highest BCUT2D eigenvalue weighted by Crippen LogP contribution is 2.29. The number of likely N-dealkylation sites (tertiary alicyclic amines) is 1. The Hall–Kier alpha value is -1.56. The molecule has 130 valence electrons. The Morgan fingerprint density at radius 2 is 2.22 bits per heavy atom. The van der Waals surface area contributed by atoms with Crippen molar-refractivity contribution < 1.29 is 14.3 Å². The monoisotopic (exact) mass is 323 g/mol. The lowest BCUT2D eigenvalue weighted by atomic mass is 9.81. The number of rotatable bonds is 5. The van der Waals surface area contributed by atoms with E-state index in [2.05, 4.69) is 30.6 Å². The molecule has 6 heteroatoms. The van der Waals surface area contributed by atoms with Gasteiger partial charge < -0.3 is 20.3 Å². The van der Waals surface area contributed by atoms with Crippen LogP contribution in [0.15, 0.2) is 11.6 Å². The lowest BCUT2D eigenvalue weighted by Crippen LogP contribution is -2.49. The lowest BCUT2D eigenvalue weighted by Gasteiger charge is -2.31. The van der Waals surface area contributed by atoms with E-state index in [9.17, 15) is 9.59 Å². The molecule has 6 nitrogen and oxygen atoms in total. The third kappa shape index (κ3) is 4.47.